The molecule has 0 aromatic heterocycles. The van der Waals surface area contributed by atoms with Crippen LogP contribution in [0.15, 0.2) is 0 Å². The number of carbonyl (C=O) groups excluding carboxylic acids is 1. The second-order valence-electron chi connectivity index (χ2n) is 6.30. The number of nitrogens with zero attached hydrogens (tertiary/aromatic N) is 2. The van der Waals surface area contributed by atoms with Crippen molar-refractivity contribution in [2.45, 2.75) is 51.6 Å². The first kappa shape index (κ1) is 14.8. The molecule has 19 heavy (non-hydrogen) atoms. The molecule has 0 spiro atoms. The average Bonchev–Trinajstić information content (AvgIpc) is 2.46. The van der Waals surface area contributed by atoms with Crippen molar-refractivity contribution in [3.63, 3.8) is 0 Å². The van der Waals surface area contributed by atoms with Crippen molar-refractivity contribution < 1.29 is 4.79 Å². The molecule has 0 radical (unpaired) electrons. The Balaban J connectivity index is 1.83. The van der Waals surface area contributed by atoms with Crippen molar-refractivity contribution in [1.82, 2.24) is 15.1 Å². The quantitative estimate of drug-likeness (QED) is 0.837. The van der Waals surface area contributed by atoms with Gasteiger partial charge in [0.15, 0.2) is 0 Å². The summed E-state index contributed by atoms with van der Waals surface area (Å²) in [5.74, 6) is 0.667. The molecule has 0 unspecified atom stereocenters. The summed E-state index contributed by atoms with van der Waals surface area (Å²) >= 11 is 0. The van der Waals surface area contributed by atoms with E-state index in [1.54, 1.807) is 0 Å². The fourth-order valence-electron chi connectivity index (χ4n) is 3.39. The van der Waals surface area contributed by atoms with Crippen LogP contribution in [0.1, 0.15) is 39.5 Å². The first-order chi connectivity index (χ1) is 9.11. The van der Waals surface area contributed by atoms with E-state index < -0.39 is 0 Å². The Morgan fingerprint density at radius 2 is 1.84 bits per heavy atom. The molecule has 1 aliphatic carbocycles. The van der Waals surface area contributed by atoms with Gasteiger partial charge in [-0.2, -0.15) is 0 Å². The van der Waals surface area contributed by atoms with Crippen LogP contribution in [0.4, 0.5) is 0 Å². The zero-order valence-electron chi connectivity index (χ0n) is 12.7. The molecule has 1 heterocycles. The van der Waals surface area contributed by atoms with Crippen molar-refractivity contribution in [1.29, 1.82) is 0 Å². The predicted molar refractivity (Wildman–Crippen MR) is 78.1 cm³/mol. The van der Waals surface area contributed by atoms with Gasteiger partial charge in [-0.15, -0.1) is 0 Å². The van der Waals surface area contributed by atoms with Gasteiger partial charge in [-0.05, 0) is 40.2 Å². The highest BCUT2D eigenvalue weighted by molar-refractivity contribution is 5.79. The van der Waals surface area contributed by atoms with E-state index in [0.29, 0.717) is 18.0 Å². The normalized spacial score (nSPS) is 29.8. The molecule has 0 aromatic carbocycles. The summed E-state index contributed by atoms with van der Waals surface area (Å²) < 4.78 is 0. The van der Waals surface area contributed by atoms with Crippen LogP contribution in [0.25, 0.3) is 0 Å². The van der Waals surface area contributed by atoms with Crippen LogP contribution < -0.4 is 5.32 Å². The first-order valence-corrected chi connectivity index (χ1v) is 7.82. The Kier molecular flexibility index (Phi) is 5.22. The molecule has 4 heteroatoms. The zero-order chi connectivity index (χ0) is 13.8. The van der Waals surface area contributed by atoms with Crippen LogP contribution in [0, 0.1) is 5.92 Å². The Bertz CT molecular complexity index is 298. The lowest BCUT2D eigenvalue weighted by molar-refractivity contribution is -0.138. The molecule has 1 aliphatic heterocycles. The molecule has 110 valence electrons. The highest BCUT2D eigenvalue weighted by atomic mass is 16.2. The van der Waals surface area contributed by atoms with Gasteiger partial charge in [-0.25, -0.2) is 0 Å². The molecule has 2 aliphatic rings. The number of hydrogen-bond donors (Lipinski definition) is 1. The van der Waals surface area contributed by atoms with Crippen molar-refractivity contribution in [3.8, 4) is 0 Å². The smallest absolute Gasteiger partial charge is 0.225 e. The summed E-state index contributed by atoms with van der Waals surface area (Å²) in [6.07, 6.45) is 4.52. The third kappa shape index (κ3) is 3.69. The van der Waals surface area contributed by atoms with Gasteiger partial charge in [-0.3, -0.25) is 9.69 Å². The van der Waals surface area contributed by atoms with E-state index in [-0.39, 0.29) is 5.92 Å². The number of nitrogens with one attached hydrogen (secondary N) is 1. The van der Waals surface area contributed by atoms with Crippen LogP contribution in [-0.4, -0.2) is 61.0 Å². The van der Waals surface area contributed by atoms with Crippen LogP contribution in [-0.2, 0) is 4.79 Å². The Labute approximate surface area is 117 Å². The maximum Gasteiger partial charge on any atom is 0.225 e. The van der Waals surface area contributed by atoms with Crippen LogP contribution in [0.2, 0.25) is 0 Å². The van der Waals surface area contributed by atoms with Crippen molar-refractivity contribution in [2.24, 2.45) is 5.92 Å². The van der Waals surface area contributed by atoms with E-state index in [2.05, 4.69) is 29.0 Å². The van der Waals surface area contributed by atoms with E-state index in [4.69, 9.17) is 0 Å². The second-order valence-corrected chi connectivity index (χ2v) is 6.30. The van der Waals surface area contributed by atoms with Gasteiger partial charge < -0.3 is 10.2 Å². The van der Waals surface area contributed by atoms with E-state index in [0.717, 1.165) is 39.0 Å². The number of piperazine rings is 1. The zero-order valence-corrected chi connectivity index (χ0v) is 12.7. The second kappa shape index (κ2) is 6.71. The topological polar surface area (TPSA) is 35.6 Å². The summed E-state index contributed by atoms with van der Waals surface area (Å²) in [7, 11) is 2.01. The molecule has 1 saturated carbocycles. The minimum atomic E-state index is 0.261. The Morgan fingerprint density at radius 1 is 1.16 bits per heavy atom. The standard InChI is InChI=1S/C15H29N3O/c1-12(2)17-7-9-18(10-8-17)15(19)13-5-4-6-14(11-13)16-3/h12-14,16H,4-11H2,1-3H3/t13-,14+/m1/s1. The monoisotopic (exact) mass is 267 g/mol. The molecule has 2 atom stereocenters. The van der Waals surface area contributed by atoms with Gasteiger partial charge in [0.25, 0.3) is 0 Å². The molecular formula is C15H29N3O. The summed E-state index contributed by atoms with van der Waals surface area (Å²) in [6.45, 7) is 8.36. The van der Waals surface area contributed by atoms with E-state index in [1.165, 1.54) is 12.8 Å². The SMILES string of the molecule is CN[C@H]1CCC[C@@H](C(=O)N2CCN(C(C)C)CC2)C1. The van der Waals surface area contributed by atoms with Crippen molar-refractivity contribution in [2.75, 3.05) is 33.2 Å². The first-order valence-electron chi connectivity index (χ1n) is 7.82. The van der Waals surface area contributed by atoms with Crippen molar-refractivity contribution in [3.05, 3.63) is 0 Å². The molecule has 2 fully saturated rings. The Hall–Kier alpha value is -0.610. The van der Waals surface area contributed by atoms with Gasteiger partial charge in [0.05, 0.1) is 0 Å². The molecule has 1 N–H and O–H groups in total. The number of rotatable bonds is 3. The minimum Gasteiger partial charge on any atom is -0.340 e. The molecule has 1 amide bonds. The van der Waals surface area contributed by atoms with Crippen molar-refractivity contribution >= 4 is 5.91 Å². The molecule has 4 nitrogen and oxygen atoms in total. The lowest BCUT2D eigenvalue weighted by Gasteiger charge is -2.39. The van der Waals surface area contributed by atoms with E-state index >= 15 is 0 Å². The lowest BCUT2D eigenvalue weighted by atomic mass is 9.84. The van der Waals surface area contributed by atoms with E-state index in [1.807, 2.05) is 7.05 Å². The van der Waals surface area contributed by atoms with E-state index in [9.17, 15) is 4.79 Å². The van der Waals surface area contributed by atoms with Gasteiger partial charge in [0.1, 0.15) is 0 Å². The molecule has 0 bridgehead atoms. The lowest BCUT2D eigenvalue weighted by Crippen LogP contribution is -2.52. The minimum absolute atomic E-state index is 0.261. The third-order valence-electron chi connectivity index (χ3n) is 4.79. The molecular weight excluding hydrogens is 238 g/mol. The summed E-state index contributed by atoms with van der Waals surface area (Å²) in [4.78, 5) is 17.1. The molecule has 0 aromatic rings. The maximum absolute atomic E-state index is 12.6. The number of hydrogen-bond acceptors (Lipinski definition) is 3. The van der Waals surface area contributed by atoms with Crippen LogP contribution in [0.3, 0.4) is 0 Å². The fraction of sp³-hybridized carbons (Fsp3) is 0.933. The summed E-state index contributed by atoms with van der Waals surface area (Å²) in [5, 5.41) is 3.33. The summed E-state index contributed by atoms with van der Waals surface area (Å²) in [5.41, 5.74) is 0. The molecule has 1 saturated heterocycles. The highest BCUT2D eigenvalue weighted by Gasteiger charge is 2.31. The number of carbonyl (C=O) groups is 1. The number of amides is 1. The Morgan fingerprint density at radius 3 is 2.42 bits per heavy atom. The predicted octanol–water partition coefficient (Wildman–Crippen LogP) is 1.32. The summed E-state index contributed by atoms with van der Waals surface area (Å²) in [6, 6.07) is 1.14. The largest absolute Gasteiger partial charge is 0.340 e. The maximum atomic E-state index is 12.6. The highest BCUT2D eigenvalue weighted by Crippen LogP contribution is 2.26. The third-order valence-corrected chi connectivity index (χ3v) is 4.79. The van der Waals surface area contributed by atoms with Crippen LogP contribution >= 0.6 is 0 Å². The van der Waals surface area contributed by atoms with Gasteiger partial charge in [0.2, 0.25) is 5.91 Å². The van der Waals surface area contributed by atoms with Gasteiger partial charge >= 0.3 is 0 Å². The van der Waals surface area contributed by atoms with Gasteiger partial charge in [0, 0.05) is 44.2 Å². The average molecular weight is 267 g/mol. The molecule has 2 rings (SSSR count). The fourth-order valence-corrected chi connectivity index (χ4v) is 3.39. The van der Waals surface area contributed by atoms with Crippen LogP contribution in [0.5, 0.6) is 0 Å². The van der Waals surface area contributed by atoms with Gasteiger partial charge in [-0.1, -0.05) is 6.42 Å².